The number of hydrogen-bond acceptors (Lipinski definition) is 1. The maximum Gasteiger partial charge on any atom is 0.454 e. The summed E-state index contributed by atoms with van der Waals surface area (Å²) in [5.74, 6) is -2.94. The van der Waals surface area contributed by atoms with Crippen molar-refractivity contribution in [2.24, 2.45) is 0 Å². The highest BCUT2D eigenvalue weighted by molar-refractivity contribution is 6.32. The topological polar surface area (TPSA) is 17.1 Å². The molecule has 0 saturated heterocycles. The van der Waals surface area contributed by atoms with E-state index in [2.05, 4.69) is 0 Å². The molecule has 0 fully saturated rings. The summed E-state index contributed by atoms with van der Waals surface area (Å²) in [6, 6.07) is -0.912. The van der Waals surface area contributed by atoms with Gasteiger partial charge in [-0.15, -0.1) is 0 Å². The number of rotatable bonds is 1. The third kappa shape index (κ3) is 3.80. The molecule has 0 bridgehead atoms. The van der Waals surface area contributed by atoms with Crippen molar-refractivity contribution in [2.75, 3.05) is 0 Å². The Morgan fingerprint density at radius 3 is 1.57 bits per heavy atom. The molecule has 0 unspecified atom stereocenters. The minimum Gasteiger partial charge on any atom is -0.284 e. The molecule has 0 radical (unpaired) electrons. The van der Waals surface area contributed by atoms with E-state index in [9.17, 15) is 44.3 Å². The van der Waals surface area contributed by atoms with Crippen LogP contribution in [0.4, 0.5) is 39.5 Å². The summed E-state index contributed by atoms with van der Waals surface area (Å²) in [5.41, 5.74) is -6.34. The molecule has 0 N–H and O–H groups in total. The smallest absolute Gasteiger partial charge is 0.284 e. The number of carbonyl (C=O) groups excluding carboxylic acids is 1. The molecule has 21 heavy (non-hydrogen) atoms. The Bertz CT molecular complexity index is 568. The highest BCUT2D eigenvalue weighted by atomic mass is 35.5. The summed E-state index contributed by atoms with van der Waals surface area (Å²) in [4.78, 5) is 10.9. The van der Waals surface area contributed by atoms with Crippen LogP contribution < -0.4 is 0 Å². The second-order valence-corrected chi connectivity index (χ2v) is 4.11. The number of Topliss-reactive ketones (excluding diaryl/α,β-unsaturated/α-hetero) is 1. The summed E-state index contributed by atoms with van der Waals surface area (Å²) in [6.45, 7) is 0. The number of halogens is 10. The molecule has 1 rings (SSSR count). The first kappa shape index (κ1) is 17.6. The van der Waals surface area contributed by atoms with Crippen LogP contribution >= 0.6 is 11.6 Å². The Morgan fingerprint density at radius 1 is 0.810 bits per heavy atom. The van der Waals surface area contributed by atoms with Crippen LogP contribution in [0.25, 0.3) is 0 Å². The highest BCUT2D eigenvalue weighted by Gasteiger charge is 2.47. The van der Waals surface area contributed by atoms with E-state index in [4.69, 9.17) is 11.6 Å². The molecule has 0 aliphatic heterocycles. The summed E-state index contributed by atoms with van der Waals surface area (Å²) in [7, 11) is 0. The number of carbonyl (C=O) groups is 1. The van der Waals surface area contributed by atoms with Crippen molar-refractivity contribution in [3.05, 3.63) is 33.8 Å². The van der Waals surface area contributed by atoms with Gasteiger partial charge in [0.25, 0.3) is 5.78 Å². The molecule has 1 aromatic carbocycles. The van der Waals surface area contributed by atoms with E-state index in [1.807, 2.05) is 0 Å². The Labute approximate surface area is 115 Å². The third-order valence-electron chi connectivity index (χ3n) is 2.22. The van der Waals surface area contributed by atoms with Crippen molar-refractivity contribution in [1.29, 1.82) is 0 Å². The molecule has 118 valence electrons. The zero-order valence-electron chi connectivity index (χ0n) is 9.34. The molecule has 0 heterocycles. The van der Waals surface area contributed by atoms with E-state index < -0.39 is 52.1 Å². The minimum absolute atomic E-state index is 0.289. The van der Waals surface area contributed by atoms with Gasteiger partial charge in [-0.1, -0.05) is 11.6 Å². The normalized spacial score (nSPS) is 13.4. The lowest BCUT2D eigenvalue weighted by molar-refractivity contribution is -0.143. The van der Waals surface area contributed by atoms with Crippen LogP contribution in [-0.2, 0) is 12.4 Å². The molecular weight excluding hydrogens is 343 g/mol. The number of ketones is 1. The van der Waals surface area contributed by atoms with Crippen molar-refractivity contribution in [1.82, 2.24) is 0 Å². The van der Waals surface area contributed by atoms with Gasteiger partial charge in [0.2, 0.25) is 0 Å². The Morgan fingerprint density at radius 2 is 1.24 bits per heavy atom. The van der Waals surface area contributed by atoms with Crippen molar-refractivity contribution in [3.63, 3.8) is 0 Å². The average molecular weight is 345 g/mol. The fraction of sp³-hybridized carbons (Fsp3) is 0.300. The van der Waals surface area contributed by atoms with Crippen LogP contribution in [0, 0.1) is 0 Å². The fourth-order valence-corrected chi connectivity index (χ4v) is 1.64. The SMILES string of the molecule is O=C(c1cc(Cl)c(C(F)(F)F)cc1C(F)(F)F)C(F)(F)F. The lowest BCUT2D eigenvalue weighted by atomic mass is 9.99. The largest absolute Gasteiger partial charge is 0.454 e. The lowest BCUT2D eigenvalue weighted by Gasteiger charge is -2.17. The van der Waals surface area contributed by atoms with Gasteiger partial charge in [-0.05, 0) is 12.1 Å². The van der Waals surface area contributed by atoms with Gasteiger partial charge in [0.15, 0.2) is 0 Å². The first-order valence-electron chi connectivity index (χ1n) is 4.75. The van der Waals surface area contributed by atoms with Crippen LogP contribution in [-0.4, -0.2) is 12.0 Å². The molecule has 1 aromatic rings. The average Bonchev–Trinajstić information content (AvgIpc) is 2.22. The zero-order chi connectivity index (χ0) is 16.8. The van der Waals surface area contributed by atoms with Crippen LogP contribution in [0.1, 0.15) is 21.5 Å². The van der Waals surface area contributed by atoms with Gasteiger partial charge in [0, 0.05) is 5.56 Å². The fourth-order valence-electron chi connectivity index (χ4n) is 1.37. The zero-order valence-corrected chi connectivity index (χ0v) is 10.1. The van der Waals surface area contributed by atoms with Gasteiger partial charge in [0.1, 0.15) is 0 Å². The maximum atomic E-state index is 12.6. The van der Waals surface area contributed by atoms with Crippen molar-refractivity contribution in [3.8, 4) is 0 Å². The van der Waals surface area contributed by atoms with Crippen molar-refractivity contribution >= 4 is 17.4 Å². The van der Waals surface area contributed by atoms with E-state index in [1.54, 1.807) is 0 Å². The number of benzene rings is 1. The minimum atomic E-state index is -5.69. The summed E-state index contributed by atoms with van der Waals surface area (Å²) in [6.07, 6.45) is -16.6. The predicted molar refractivity (Wildman–Crippen MR) is 51.8 cm³/mol. The van der Waals surface area contributed by atoms with Crippen LogP contribution in [0.15, 0.2) is 12.1 Å². The van der Waals surface area contributed by atoms with Gasteiger partial charge in [-0.2, -0.15) is 39.5 Å². The molecule has 0 aromatic heterocycles. The molecule has 0 atom stereocenters. The Kier molecular flexibility index (Phi) is 4.25. The van der Waals surface area contributed by atoms with Crippen LogP contribution in [0.2, 0.25) is 5.02 Å². The van der Waals surface area contributed by atoms with Crippen molar-refractivity contribution < 1.29 is 44.3 Å². The van der Waals surface area contributed by atoms with Crippen molar-refractivity contribution in [2.45, 2.75) is 18.5 Å². The summed E-state index contributed by atoms with van der Waals surface area (Å²) in [5, 5.41) is -1.44. The summed E-state index contributed by atoms with van der Waals surface area (Å²) >= 11 is 5.02. The molecule has 11 heteroatoms. The summed E-state index contributed by atoms with van der Waals surface area (Å²) < 4.78 is 112. The van der Waals surface area contributed by atoms with Gasteiger partial charge >= 0.3 is 18.5 Å². The highest BCUT2D eigenvalue weighted by Crippen LogP contribution is 2.42. The molecule has 0 aliphatic carbocycles. The van der Waals surface area contributed by atoms with Gasteiger partial charge in [0.05, 0.1) is 16.1 Å². The molecule has 0 saturated carbocycles. The molecular formula is C10H2ClF9O. The lowest BCUT2D eigenvalue weighted by Crippen LogP contribution is -2.26. The monoisotopic (exact) mass is 344 g/mol. The van der Waals surface area contributed by atoms with Gasteiger partial charge in [-0.25, -0.2) is 0 Å². The molecule has 0 amide bonds. The first-order chi connectivity index (χ1) is 9.15. The van der Waals surface area contributed by atoms with E-state index in [0.717, 1.165) is 0 Å². The van der Waals surface area contributed by atoms with Crippen LogP contribution in [0.3, 0.4) is 0 Å². The number of alkyl halides is 9. The second kappa shape index (κ2) is 5.08. The van der Waals surface area contributed by atoms with E-state index in [1.165, 1.54) is 0 Å². The van der Waals surface area contributed by atoms with E-state index >= 15 is 0 Å². The Balaban J connectivity index is 3.67. The quantitative estimate of drug-likeness (QED) is 0.510. The number of hydrogen-bond donors (Lipinski definition) is 0. The first-order valence-corrected chi connectivity index (χ1v) is 5.13. The molecule has 1 nitrogen and oxygen atoms in total. The predicted octanol–water partition coefficient (Wildman–Crippen LogP) is 5.12. The Hall–Kier alpha value is -1.45. The molecule has 0 aliphatic rings. The van der Waals surface area contributed by atoms with Gasteiger partial charge in [-0.3, -0.25) is 4.79 Å². The second-order valence-electron chi connectivity index (χ2n) is 3.70. The molecule has 0 spiro atoms. The standard InChI is InChI=1S/C10H2ClF9O/c11-6-1-3(7(21)10(18,19)20)4(8(12,13)14)2-5(6)9(15,16)17/h1-2H. The maximum absolute atomic E-state index is 12.6. The third-order valence-corrected chi connectivity index (χ3v) is 2.53. The van der Waals surface area contributed by atoms with E-state index in [-0.39, 0.29) is 6.07 Å². The van der Waals surface area contributed by atoms with Crippen LogP contribution in [0.5, 0.6) is 0 Å². The van der Waals surface area contributed by atoms with E-state index in [0.29, 0.717) is 0 Å². The van der Waals surface area contributed by atoms with Gasteiger partial charge < -0.3 is 0 Å².